The summed E-state index contributed by atoms with van der Waals surface area (Å²) in [5, 5.41) is 28.3. The Morgan fingerprint density at radius 3 is 2.79 bits per heavy atom. The number of aromatic amines is 1. The highest BCUT2D eigenvalue weighted by atomic mass is 16.5. The van der Waals surface area contributed by atoms with Gasteiger partial charge in [-0.25, -0.2) is 4.99 Å². The molecule has 0 amide bonds. The van der Waals surface area contributed by atoms with Crippen molar-refractivity contribution in [3.8, 4) is 11.5 Å². The van der Waals surface area contributed by atoms with Crippen LogP contribution in [0.4, 0.5) is 11.4 Å². The summed E-state index contributed by atoms with van der Waals surface area (Å²) in [5.74, 6) is 1.77. The minimum atomic E-state index is -1.03. The molecule has 4 aromatic rings. The van der Waals surface area contributed by atoms with Gasteiger partial charge in [-0.15, -0.1) is 0 Å². The van der Waals surface area contributed by atoms with E-state index in [0.717, 1.165) is 70.8 Å². The molecular weight excluding hydrogens is 540 g/mol. The molecule has 2 bridgehead atoms. The van der Waals surface area contributed by atoms with Gasteiger partial charge in [0.25, 0.3) is 0 Å². The second-order valence-corrected chi connectivity index (χ2v) is 13.3. The van der Waals surface area contributed by atoms with E-state index in [2.05, 4.69) is 26.3 Å². The highest BCUT2D eigenvalue weighted by Crippen LogP contribution is 2.69. The second kappa shape index (κ2) is 8.67. The number of nitrogens with one attached hydrogen (secondary N) is 2. The fourth-order valence-corrected chi connectivity index (χ4v) is 8.69. The maximum Gasteiger partial charge on any atom is 0.193 e. The molecule has 0 radical (unpaired) electrons. The number of benzene rings is 3. The van der Waals surface area contributed by atoms with Crippen LogP contribution in [0.15, 0.2) is 59.6 Å². The molecule has 8 N–H and O–H groups in total. The predicted octanol–water partition coefficient (Wildman–Crippen LogP) is 4.08. The first-order valence-corrected chi connectivity index (χ1v) is 15.4. The van der Waals surface area contributed by atoms with Crippen molar-refractivity contribution in [1.82, 2.24) is 9.88 Å². The van der Waals surface area contributed by atoms with Gasteiger partial charge < -0.3 is 36.7 Å². The van der Waals surface area contributed by atoms with Crippen molar-refractivity contribution in [1.29, 1.82) is 0 Å². The van der Waals surface area contributed by atoms with Crippen molar-refractivity contribution in [2.75, 3.05) is 24.1 Å². The number of nitrogens with two attached hydrogens (primary N) is 2. The zero-order valence-corrected chi connectivity index (χ0v) is 23.9. The third-order valence-electron chi connectivity index (χ3n) is 10.8. The van der Waals surface area contributed by atoms with Crippen LogP contribution in [0.25, 0.3) is 10.9 Å². The van der Waals surface area contributed by atoms with E-state index in [1.54, 1.807) is 6.07 Å². The molecular formula is C34H36N6O3. The van der Waals surface area contributed by atoms with Crippen molar-refractivity contribution >= 4 is 28.2 Å². The summed E-state index contributed by atoms with van der Waals surface area (Å²) in [6.07, 6.45) is 4.24. The van der Waals surface area contributed by atoms with Gasteiger partial charge in [0.15, 0.2) is 23.6 Å². The summed E-state index contributed by atoms with van der Waals surface area (Å²) in [7, 11) is 0. The molecule has 9 heteroatoms. The fourth-order valence-electron chi connectivity index (χ4n) is 8.69. The number of anilines is 2. The van der Waals surface area contributed by atoms with Crippen LogP contribution < -0.4 is 21.5 Å². The lowest BCUT2D eigenvalue weighted by Crippen LogP contribution is -2.74. The van der Waals surface area contributed by atoms with E-state index >= 15 is 0 Å². The van der Waals surface area contributed by atoms with Crippen LogP contribution in [0.5, 0.6) is 11.5 Å². The number of aliphatic hydroxyl groups is 1. The molecule has 1 saturated heterocycles. The van der Waals surface area contributed by atoms with Crippen molar-refractivity contribution in [3.05, 3.63) is 82.5 Å². The molecule has 9 rings (SSSR count). The number of ether oxygens (including phenoxy) is 1. The highest BCUT2D eigenvalue weighted by molar-refractivity contribution is 5.96. The van der Waals surface area contributed by atoms with E-state index in [0.29, 0.717) is 30.4 Å². The normalized spacial score (nSPS) is 28.8. The molecule has 1 spiro atoms. The van der Waals surface area contributed by atoms with E-state index in [1.807, 2.05) is 42.5 Å². The highest BCUT2D eigenvalue weighted by Gasteiger charge is 2.72. The van der Waals surface area contributed by atoms with E-state index in [-0.39, 0.29) is 11.8 Å². The van der Waals surface area contributed by atoms with E-state index < -0.39 is 17.1 Å². The zero-order chi connectivity index (χ0) is 29.1. The lowest BCUT2D eigenvalue weighted by molar-refractivity contribution is -0.173. The lowest BCUT2D eigenvalue weighted by atomic mass is 9.49. The molecule has 43 heavy (non-hydrogen) atoms. The fraction of sp³-hybridized carbons (Fsp3) is 0.382. The van der Waals surface area contributed by atoms with Crippen LogP contribution in [0.2, 0.25) is 0 Å². The van der Waals surface area contributed by atoms with Gasteiger partial charge in [-0.05, 0) is 91.2 Å². The molecule has 3 aliphatic carbocycles. The van der Waals surface area contributed by atoms with Crippen LogP contribution in [-0.4, -0.2) is 50.8 Å². The molecule has 3 aromatic carbocycles. The molecule has 2 fully saturated rings. The first-order valence-electron chi connectivity index (χ1n) is 15.4. The topological polar surface area (TPSA) is 145 Å². The SMILES string of the molecule is NC(=NCc1ccc(N)cc1)Nc1ccc2[nH]c3c(c2c1)C[C@@]1(O)[C@@H]2Cc4ccc(O)c5c4[C@@]1(CCN2CC1CC1)[C@H]3O5. The Morgan fingerprint density at radius 1 is 1.14 bits per heavy atom. The number of H-pyrrole nitrogens is 1. The Hall–Kier alpha value is -4.21. The number of aromatic nitrogens is 1. The summed E-state index contributed by atoms with van der Waals surface area (Å²) in [4.78, 5) is 10.7. The monoisotopic (exact) mass is 576 g/mol. The largest absolute Gasteiger partial charge is 0.504 e. The molecule has 220 valence electrons. The minimum Gasteiger partial charge on any atom is -0.504 e. The third kappa shape index (κ3) is 3.49. The summed E-state index contributed by atoms with van der Waals surface area (Å²) in [6, 6.07) is 17.5. The standard InChI is InChI=1S/C34H36N6O3/c35-21-6-3-18(4-7-21)16-37-32(36)38-22-8-9-25-23(14-22)24-15-34(42)27-13-20-5-10-26(41)30-28(20)33(34,31(43-30)29(24)39-25)11-12-40(27)17-19-1-2-19/h3-10,14,19,27,31,39,41-42H,1-2,11-13,15-17,35H2,(H3,36,37,38)/t27-,31-,33-,34+/m0/s1. The average Bonchev–Trinajstić information content (AvgIpc) is 3.64. The van der Waals surface area contributed by atoms with Crippen molar-refractivity contribution in [2.24, 2.45) is 16.6 Å². The van der Waals surface area contributed by atoms with Crippen molar-refractivity contribution in [2.45, 2.75) is 61.8 Å². The Kier molecular flexibility index (Phi) is 5.10. The molecule has 3 heterocycles. The Labute approximate surface area is 249 Å². The number of aliphatic imine (C=N–C) groups is 1. The first-order chi connectivity index (χ1) is 20.8. The number of hydrogen-bond donors (Lipinski definition) is 6. The van der Waals surface area contributed by atoms with Gasteiger partial charge in [0.1, 0.15) is 0 Å². The molecule has 1 aromatic heterocycles. The van der Waals surface area contributed by atoms with Gasteiger partial charge in [-0.2, -0.15) is 0 Å². The molecule has 4 atom stereocenters. The van der Waals surface area contributed by atoms with E-state index in [1.165, 1.54) is 18.4 Å². The molecule has 9 nitrogen and oxygen atoms in total. The van der Waals surface area contributed by atoms with Crippen LogP contribution in [0.1, 0.15) is 53.3 Å². The van der Waals surface area contributed by atoms with Gasteiger partial charge in [-0.1, -0.05) is 18.2 Å². The Balaban J connectivity index is 1.12. The van der Waals surface area contributed by atoms with Crippen LogP contribution in [0, 0.1) is 5.92 Å². The number of piperidine rings is 1. The number of aromatic hydroxyl groups is 1. The number of guanidine groups is 1. The third-order valence-corrected chi connectivity index (χ3v) is 10.8. The van der Waals surface area contributed by atoms with Gasteiger partial charge in [0, 0.05) is 46.8 Å². The lowest BCUT2D eigenvalue weighted by Gasteiger charge is -2.62. The quantitative estimate of drug-likeness (QED) is 0.119. The van der Waals surface area contributed by atoms with Gasteiger partial charge in [0.05, 0.1) is 23.3 Å². The maximum absolute atomic E-state index is 13.1. The molecule has 1 saturated carbocycles. The van der Waals surface area contributed by atoms with Crippen LogP contribution in [0.3, 0.4) is 0 Å². The number of nitrogens with zero attached hydrogens (tertiary/aromatic N) is 2. The number of likely N-dealkylation sites (tertiary alicyclic amines) is 1. The van der Waals surface area contributed by atoms with Gasteiger partial charge in [0.2, 0.25) is 0 Å². The zero-order valence-electron chi connectivity index (χ0n) is 23.9. The van der Waals surface area contributed by atoms with Gasteiger partial charge in [-0.3, -0.25) is 4.90 Å². The number of nitrogen functional groups attached to an aromatic ring is 1. The molecule has 2 aliphatic heterocycles. The Bertz CT molecular complexity index is 1830. The number of rotatable bonds is 5. The number of hydrogen-bond acceptors (Lipinski definition) is 6. The predicted molar refractivity (Wildman–Crippen MR) is 166 cm³/mol. The van der Waals surface area contributed by atoms with E-state index in [9.17, 15) is 10.2 Å². The van der Waals surface area contributed by atoms with E-state index in [4.69, 9.17) is 16.2 Å². The summed E-state index contributed by atoms with van der Waals surface area (Å²) in [6.45, 7) is 2.41. The summed E-state index contributed by atoms with van der Waals surface area (Å²) >= 11 is 0. The second-order valence-electron chi connectivity index (χ2n) is 13.3. The summed E-state index contributed by atoms with van der Waals surface area (Å²) < 4.78 is 6.71. The Morgan fingerprint density at radius 2 is 1.98 bits per heavy atom. The smallest absolute Gasteiger partial charge is 0.193 e. The number of phenols is 1. The summed E-state index contributed by atoms with van der Waals surface area (Å²) in [5.41, 5.74) is 18.3. The molecule has 5 aliphatic rings. The van der Waals surface area contributed by atoms with Crippen LogP contribution >= 0.6 is 0 Å². The maximum atomic E-state index is 13.1. The van der Waals surface area contributed by atoms with Crippen molar-refractivity contribution < 1.29 is 14.9 Å². The van der Waals surface area contributed by atoms with Gasteiger partial charge >= 0.3 is 0 Å². The average molecular weight is 577 g/mol. The van der Waals surface area contributed by atoms with Crippen LogP contribution in [-0.2, 0) is 24.8 Å². The van der Waals surface area contributed by atoms with Crippen molar-refractivity contribution in [3.63, 3.8) is 0 Å². The first kappa shape index (κ1) is 25.3. The number of phenolic OH excluding ortho intramolecular Hbond substituents is 1. The molecule has 0 unspecified atom stereocenters. The number of fused-ring (bicyclic) bond motifs is 4. The minimum absolute atomic E-state index is 0.00790.